The monoisotopic (exact) mass is 1490 g/mol. The van der Waals surface area contributed by atoms with Crippen LogP contribution < -0.4 is 26.6 Å². The van der Waals surface area contributed by atoms with E-state index in [-0.39, 0.29) is 69.8 Å². The summed E-state index contributed by atoms with van der Waals surface area (Å²) in [6, 6.07) is 3.08. The summed E-state index contributed by atoms with van der Waals surface area (Å²) in [4.78, 5) is 190. The number of amides is 12. The first kappa shape index (κ1) is 90.3. The van der Waals surface area contributed by atoms with Crippen LogP contribution >= 0.6 is 0 Å². The number of aliphatic hydroxyl groups excluding tert-OH is 1. The number of likely N-dealkylation sites (tertiary alicyclic amines) is 1. The average Bonchev–Trinajstić information content (AvgIpc) is 0.815. The molecule has 594 valence electrons. The topological polar surface area (TPSA) is 347 Å². The quantitative estimate of drug-likeness (QED) is 0.0785. The maximum Gasteiger partial charge on any atom is 0.248 e. The van der Waals surface area contributed by atoms with E-state index in [9.17, 15) is 34.2 Å². The van der Waals surface area contributed by atoms with Gasteiger partial charge in [-0.1, -0.05) is 137 Å². The minimum Gasteiger partial charge on any atom is -0.391 e. The van der Waals surface area contributed by atoms with Crippen LogP contribution in [0.15, 0.2) is 60.7 Å². The lowest BCUT2D eigenvalue weighted by atomic mass is 9.97. The van der Waals surface area contributed by atoms with Gasteiger partial charge in [-0.15, -0.1) is 0 Å². The first-order valence-corrected chi connectivity index (χ1v) is 37.8. The van der Waals surface area contributed by atoms with Gasteiger partial charge in [-0.25, -0.2) is 0 Å². The minimum absolute atomic E-state index is 0.0219. The van der Waals surface area contributed by atoms with Crippen LogP contribution in [0.5, 0.6) is 0 Å². The predicted molar refractivity (Wildman–Crippen MR) is 402 cm³/mol. The molecule has 28 heteroatoms. The van der Waals surface area contributed by atoms with E-state index in [1.54, 1.807) is 114 Å². The highest BCUT2D eigenvalue weighted by atomic mass is 16.5. The number of likely N-dealkylation sites (N-methyl/N-ethyl adjacent to an activating group) is 5. The molecule has 4 rings (SSSR count). The van der Waals surface area contributed by atoms with Gasteiger partial charge in [0, 0.05) is 74.3 Å². The molecule has 0 aliphatic carbocycles. The van der Waals surface area contributed by atoms with Crippen molar-refractivity contribution in [3.05, 3.63) is 71.8 Å². The van der Waals surface area contributed by atoms with E-state index in [0.717, 1.165) is 21.1 Å². The number of nitrogens with one attached hydrogen (secondary N) is 5. The van der Waals surface area contributed by atoms with Gasteiger partial charge in [0.15, 0.2) is 0 Å². The van der Waals surface area contributed by atoms with E-state index in [4.69, 9.17) is 9.47 Å². The minimum atomic E-state index is -1.71. The standard InChI is InChI=1S/C78H126N12O16/c1-20-35-90-44-64(93)84(15)59(39-49(4)5)68(94)80-57(45-105-38-34-48(2)3)73(99)87(18)62(42-55-32-26-22-27-33-55)75(101)88(19)67(52(10)11)71(97)79-56(74(100)89-36-28-23-29-37-89)43-63(92)82-65(51(8)9)76(102)86(17)61(41-54-30-24-21-25-31-54)69(95)81-58(46-106-47-78(13,14)104)72(98)85(16)60(40-50(6)7)70(96)83-66(53(12)91)77(90)103/h21-22,24-27,30-33,48-53,56-62,65-67,91,104H,20,23,28-29,34-47H2,1-19H3,(H,79,97)(H,80,94)(H,81,95)(H,82,92)(H,83,96)/t53-,56+,57+,58+,59+,60+,61+,62+,65-,66+,67+/m1/s1. The summed E-state index contributed by atoms with van der Waals surface area (Å²) in [7, 11) is 6.89. The van der Waals surface area contributed by atoms with Crippen LogP contribution in [0.3, 0.4) is 0 Å². The normalized spacial score (nSPS) is 24.4. The zero-order valence-corrected chi connectivity index (χ0v) is 66.5. The molecule has 2 aromatic carbocycles. The summed E-state index contributed by atoms with van der Waals surface area (Å²) in [6.45, 7) is 22.8. The lowest BCUT2D eigenvalue weighted by molar-refractivity contribution is -0.151. The Bertz CT molecular complexity index is 3210. The fourth-order valence-electron chi connectivity index (χ4n) is 13.1. The van der Waals surface area contributed by atoms with Gasteiger partial charge in [0.2, 0.25) is 70.9 Å². The van der Waals surface area contributed by atoms with Gasteiger partial charge in [0.1, 0.15) is 60.4 Å². The third-order valence-corrected chi connectivity index (χ3v) is 19.3. The van der Waals surface area contributed by atoms with Crippen LogP contribution in [-0.4, -0.2) is 275 Å². The highest BCUT2D eigenvalue weighted by Crippen LogP contribution is 2.23. The molecule has 2 aliphatic rings. The van der Waals surface area contributed by atoms with Crippen molar-refractivity contribution in [1.82, 2.24) is 60.9 Å². The molecule has 0 spiro atoms. The van der Waals surface area contributed by atoms with Crippen molar-refractivity contribution in [2.75, 3.05) is 87.8 Å². The van der Waals surface area contributed by atoms with Crippen LogP contribution in [-0.2, 0) is 79.8 Å². The lowest BCUT2D eigenvalue weighted by Crippen LogP contribution is -2.63. The van der Waals surface area contributed by atoms with Gasteiger partial charge in [0.25, 0.3) is 0 Å². The predicted octanol–water partition coefficient (Wildman–Crippen LogP) is 3.32. The molecule has 2 aliphatic heterocycles. The third kappa shape index (κ3) is 27.6. The Morgan fingerprint density at radius 3 is 1.49 bits per heavy atom. The van der Waals surface area contributed by atoms with Gasteiger partial charge >= 0.3 is 0 Å². The largest absolute Gasteiger partial charge is 0.391 e. The summed E-state index contributed by atoms with van der Waals surface area (Å²) in [5.74, 6) is -11.1. The number of hydrogen-bond acceptors (Lipinski definition) is 16. The van der Waals surface area contributed by atoms with Crippen LogP contribution in [0, 0.1) is 29.6 Å². The van der Waals surface area contributed by atoms with Crippen LogP contribution in [0.4, 0.5) is 0 Å². The molecule has 12 amide bonds. The molecule has 0 unspecified atom stereocenters. The van der Waals surface area contributed by atoms with Crippen molar-refractivity contribution in [1.29, 1.82) is 0 Å². The smallest absolute Gasteiger partial charge is 0.248 e. The van der Waals surface area contributed by atoms with Crippen molar-refractivity contribution >= 4 is 70.9 Å². The van der Waals surface area contributed by atoms with E-state index in [2.05, 4.69) is 26.6 Å². The zero-order chi connectivity index (χ0) is 79.6. The molecule has 0 bridgehead atoms. The van der Waals surface area contributed by atoms with E-state index in [1.165, 1.54) is 70.7 Å². The van der Waals surface area contributed by atoms with E-state index >= 15 is 33.6 Å². The highest BCUT2D eigenvalue weighted by Gasteiger charge is 2.44. The summed E-state index contributed by atoms with van der Waals surface area (Å²) >= 11 is 0. The Morgan fingerprint density at radius 2 is 1.01 bits per heavy atom. The van der Waals surface area contributed by atoms with Crippen molar-refractivity contribution in [3.63, 3.8) is 0 Å². The van der Waals surface area contributed by atoms with Gasteiger partial charge in [-0.2, -0.15) is 0 Å². The summed E-state index contributed by atoms with van der Waals surface area (Å²) < 4.78 is 12.0. The SMILES string of the molecule is CCCN1CC(=O)N(C)[C@@H](CC(C)C)C(=O)N[C@@H](COCCC(C)C)C(=O)N(C)[C@@H](Cc2ccccc2)C(=O)N(C)[C@@H](C(C)C)C(=O)N[C@H](C(=O)N2CCCCC2)CC(=O)N[C@H](C(C)C)C(=O)N(C)[C@@H](Cc2ccccc2)C(=O)N[C@@H](COCC(C)(C)O)C(=O)N(C)[C@@H](CC(C)C)C(=O)N[C@@H]([C@@H](C)O)C1=O. The molecule has 0 radical (unpaired) electrons. The van der Waals surface area contributed by atoms with Crippen molar-refractivity contribution in [2.24, 2.45) is 29.6 Å². The molecule has 28 nitrogen and oxygen atoms in total. The molecule has 2 heterocycles. The molecule has 2 saturated heterocycles. The number of ether oxygens (including phenoxy) is 2. The molecular weight excluding hydrogens is 1360 g/mol. The average molecular weight is 1490 g/mol. The maximum atomic E-state index is 15.6. The second kappa shape index (κ2) is 43.1. The van der Waals surface area contributed by atoms with Crippen LogP contribution in [0.2, 0.25) is 0 Å². The summed E-state index contributed by atoms with van der Waals surface area (Å²) in [6.07, 6.45) is 0.579. The third-order valence-electron chi connectivity index (χ3n) is 19.3. The number of aliphatic hydroxyl groups is 2. The first-order chi connectivity index (χ1) is 49.7. The van der Waals surface area contributed by atoms with E-state index in [0.29, 0.717) is 49.9 Å². The number of piperidine rings is 1. The molecule has 11 atom stereocenters. The van der Waals surface area contributed by atoms with Crippen LogP contribution in [0.1, 0.15) is 159 Å². The molecule has 0 saturated carbocycles. The fraction of sp³-hybridized carbons (Fsp3) is 0.692. The summed E-state index contributed by atoms with van der Waals surface area (Å²) in [5.41, 5.74) is -0.203. The molecule has 7 N–H and O–H groups in total. The van der Waals surface area contributed by atoms with Gasteiger partial charge in [0.05, 0.1) is 44.5 Å². The number of benzene rings is 2. The number of hydrogen-bond donors (Lipinski definition) is 7. The Hall–Kier alpha value is -8.08. The van der Waals surface area contributed by atoms with E-state index in [1.807, 2.05) is 27.7 Å². The number of rotatable bonds is 23. The number of carbonyl (C=O) groups is 12. The molecular formula is C78H126N12O16. The van der Waals surface area contributed by atoms with Crippen molar-refractivity contribution in [3.8, 4) is 0 Å². The van der Waals surface area contributed by atoms with Crippen molar-refractivity contribution in [2.45, 2.75) is 233 Å². The molecule has 2 fully saturated rings. The lowest BCUT2D eigenvalue weighted by Gasteiger charge is -2.38. The Kier molecular flexibility index (Phi) is 36.7. The zero-order valence-electron chi connectivity index (χ0n) is 66.5. The fourth-order valence-corrected chi connectivity index (χ4v) is 13.1. The van der Waals surface area contributed by atoms with Gasteiger partial charge in [-0.3, -0.25) is 57.5 Å². The van der Waals surface area contributed by atoms with Crippen molar-refractivity contribution < 1.29 is 77.2 Å². The Labute approximate surface area is 628 Å². The molecule has 2 aromatic rings. The second-order valence-corrected chi connectivity index (χ2v) is 31.3. The number of carbonyl (C=O) groups excluding carboxylic acids is 12. The second-order valence-electron chi connectivity index (χ2n) is 31.3. The van der Waals surface area contributed by atoms with Crippen LogP contribution in [0.25, 0.3) is 0 Å². The Balaban J connectivity index is 2.03. The summed E-state index contributed by atoms with van der Waals surface area (Å²) in [5, 5.41) is 36.2. The number of nitrogens with zero attached hydrogens (tertiary/aromatic N) is 7. The maximum absolute atomic E-state index is 15.6. The van der Waals surface area contributed by atoms with Gasteiger partial charge in [-0.05, 0) is 106 Å². The van der Waals surface area contributed by atoms with Gasteiger partial charge < -0.3 is 80.6 Å². The Morgan fingerprint density at radius 1 is 0.528 bits per heavy atom. The first-order valence-electron chi connectivity index (χ1n) is 37.8. The molecule has 106 heavy (non-hydrogen) atoms. The van der Waals surface area contributed by atoms with E-state index < -0.39 is 174 Å². The highest BCUT2D eigenvalue weighted by molar-refractivity contribution is 6.00. The molecule has 0 aromatic heterocycles.